The van der Waals surface area contributed by atoms with Gasteiger partial charge in [0, 0.05) is 19.1 Å². The van der Waals surface area contributed by atoms with E-state index in [1.807, 2.05) is 0 Å². The molecule has 2 atom stereocenters. The molecule has 0 aromatic rings. The maximum absolute atomic E-state index is 6.03. The van der Waals surface area contributed by atoms with E-state index in [1.54, 1.807) is 0 Å². The molecule has 3 nitrogen and oxygen atoms in total. The number of rotatable bonds is 5. The third-order valence-corrected chi connectivity index (χ3v) is 4.37. The van der Waals surface area contributed by atoms with Crippen LogP contribution in [-0.4, -0.2) is 49.8 Å². The van der Waals surface area contributed by atoms with E-state index >= 15 is 0 Å². The Balaban J connectivity index is 1.93. The second kappa shape index (κ2) is 6.72. The number of nitrogens with one attached hydrogen (secondary N) is 1. The molecular formula is C14H28N2O. The predicted octanol–water partition coefficient (Wildman–Crippen LogP) is 1.88. The third-order valence-electron chi connectivity index (χ3n) is 4.37. The fourth-order valence-electron chi connectivity index (χ4n) is 3.39. The molecule has 0 aromatic heterocycles. The van der Waals surface area contributed by atoms with Crippen LogP contribution < -0.4 is 5.32 Å². The average Bonchev–Trinajstić information content (AvgIpc) is 2.89. The first-order valence-corrected chi connectivity index (χ1v) is 7.42. The highest BCUT2D eigenvalue weighted by Crippen LogP contribution is 2.30. The maximum Gasteiger partial charge on any atom is 0.0857 e. The van der Waals surface area contributed by atoms with E-state index < -0.39 is 0 Å². The van der Waals surface area contributed by atoms with Crippen LogP contribution in [0.1, 0.15) is 39.5 Å². The Kier molecular flexibility index (Phi) is 5.26. The van der Waals surface area contributed by atoms with Crippen molar-refractivity contribution >= 4 is 0 Å². The van der Waals surface area contributed by atoms with E-state index in [2.05, 4.69) is 24.1 Å². The highest BCUT2D eigenvalue weighted by atomic mass is 16.5. The summed E-state index contributed by atoms with van der Waals surface area (Å²) in [7, 11) is 0. The van der Waals surface area contributed by atoms with Crippen molar-refractivity contribution in [1.82, 2.24) is 10.2 Å². The van der Waals surface area contributed by atoms with E-state index in [9.17, 15) is 0 Å². The predicted molar refractivity (Wildman–Crippen MR) is 71.3 cm³/mol. The van der Waals surface area contributed by atoms with E-state index in [1.165, 1.54) is 25.7 Å². The van der Waals surface area contributed by atoms with Crippen molar-refractivity contribution in [3.63, 3.8) is 0 Å². The van der Waals surface area contributed by atoms with E-state index in [4.69, 9.17) is 4.74 Å². The van der Waals surface area contributed by atoms with Crippen molar-refractivity contribution in [3.8, 4) is 0 Å². The van der Waals surface area contributed by atoms with Crippen molar-refractivity contribution in [2.45, 2.75) is 51.7 Å². The number of hydrogen-bond donors (Lipinski definition) is 1. The SMILES string of the molecule is CCNC(C1CCCC1)C1CN(CC)CCO1. The lowest BCUT2D eigenvalue weighted by molar-refractivity contribution is -0.0544. The van der Waals surface area contributed by atoms with Gasteiger partial charge in [0.2, 0.25) is 0 Å². The van der Waals surface area contributed by atoms with Gasteiger partial charge in [0.05, 0.1) is 12.7 Å². The summed E-state index contributed by atoms with van der Waals surface area (Å²) >= 11 is 0. The van der Waals surface area contributed by atoms with E-state index in [-0.39, 0.29) is 0 Å². The lowest BCUT2D eigenvalue weighted by atomic mass is 9.92. The Morgan fingerprint density at radius 1 is 1.29 bits per heavy atom. The van der Waals surface area contributed by atoms with Gasteiger partial charge in [-0.1, -0.05) is 26.7 Å². The smallest absolute Gasteiger partial charge is 0.0857 e. The summed E-state index contributed by atoms with van der Waals surface area (Å²) < 4.78 is 6.03. The molecule has 17 heavy (non-hydrogen) atoms. The molecule has 1 saturated heterocycles. The van der Waals surface area contributed by atoms with Crippen LogP contribution in [0.4, 0.5) is 0 Å². The minimum Gasteiger partial charge on any atom is -0.374 e. The highest BCUT2D eigenvalue weighted by molar-refractivity contribution is 4.89. The van der Waals surface area contributed by atoms with Crippen molar-refractivity contribution in [2.75, 3.05) is 32.8 Å². The van der Waals surface area contributed by atoms with Crippen LogP contribution in [0.25, 0.3) is 0 Å². The Morgan fingerprint density at radius 2 is 2.06 bits per heavy atom. The molecule has 2 unspecified atom stereocenters. The molecular weight excluding hydrogens is 212 g/mol. The summed E-state index contributed by atoms with van der Waals surface area (Å²) in [5.41, 5.74) is 0. The molecule has 0 aromatic carbocycles. The summed E-state index contributed by atoms with van der Waals surface area (Å²) in [6.07, 6.45) is 6.02. The zero-order chi connectivity index (χ0) is 12.1. The monoisotopic (exact) mass is 240 g/mol. The fourth-order valence-corrected chi connectivity index (χ4v) is 3.39. The number of ether oxygens (including phenoxy) is 1. The molecule has 0 spiro atoms. The summed E-state index contributed by atoms with van der Waals surface area (Å²) in [4.78, 5) is 2.52. The van der Waals surface area contributed by atoms with Crippen LogP contribution in [0.3, 0.4) is 0 Å². The summed E-state index contributed by atoms with van der Waals surface area (Å²) in [5.74, 6) is 0.844. The Hall–Kier alpha value is -0.120. The van der Waals surface area contributed by atoms with E-state index in [0.717, 1.165) is 38.7 Å². The molecule has 1 aliphatic heterocycles. The van der Waals surface area contributed by atoms with Crippen molar-refractivity contribution in [3.05, 3.63) is 0 Å². The first-order valence-electron chi connectivity index (χ1n) is 7.42. The molecule has 2 rings (SSSR count). The zero-order valence-corrected chi connectivity index (χ0v) is 11.5. The maximum atomic E-state index is 6.03. The molecule has 2 fully saturated rings. The molecule has 0 bridgehead atoms. The lowest BCUT2D eigenvalue weighted by Crippen LogP contribution is -2.54. The Labute approximate surface area is 106 Å². The van der Waals surface area contributed by atoms with Gasteiger partial charge in [-0.2, -0.15) is 0 Å². The summed E-state index contributed by atoms with van der Waals surface area (Å²) in [5, 5.41) is 3.69. The molecule has 100 valence electrons. The average molecular weight is 240 g/mol. The van der Waals surface area contributed by atoms with Gasteiger partial charge in [-0.25, -0.2) is 0 Å². The second-order valence-corrected chi connectivity index (χ2v) is 5.43. The van der Waals surface area contributed by atoms with Crippen LogP contribution in [0, 0.1) is 5.92 Å². The minimum absolute atomic E-state index is 0.409. The largest absolute Gasteiger partial charge is 0.374 e. The zero-order valence-electron chi connectivity index (χ0n) is 11.5. The Morgan fingerprint density at radius 3 is 2.71 bits per heavy atom. The van der Waals surface area contributed by atoms with Crippen molar-refractivity contribution < 1.29 is 4.74 Å². The minimum atomic E-state index is 0.409. The quantitative estimate of drug-likeness (QED) is 0.794. The molecule has 1 N–H and O–H groups in total. The molecule has 0 amide bonds. The first-order chi connectivity index (χ1) is 8.35. The first kappa shape index (κ1) is 13.3. The van der Waals surface area contributed by atoms with Gasteiger partial charge in [0.15, 0.2) is 0 Å². The van der Waals surface area contributed by atoms with Crippen LogP contribution in [0.15, 0.2) is 0 Å². The highest BCUT2D eigenvalue weighted by Gasteiger charge is 2.34. The van der Waals surface area contributed by atoms with Gasteiger partial charge in [-0.3, -0.25) is 4.90 Å². The molecule has 1 saturated carbocycles. The van der Waals surface area contributed by atoms with Crippen molar-refractivity contribution in [1.29, 1.82) is 0 Å². The van der Waals surface area contributed by atoms with Crippen molar-refractivity contribution in [2.24, 2.45) is 5.92 Å². The topological polar surface area (TPSA) is 24.5 Å². The van der Waals surface area contributed by atoms with Gasteiger partial charge in [0.1, 0.15) is 0 Å². The van der Waals surface area contributed by atoms with Gasteiger partial charge in [0.25, 0.3) is 0 Å². The molecule has 2 aliphatic rings. The van der Waals surface area contributed by atoms with Crippen LogP contribution in [0.5, 0.6) is 0 Å². The summed E-state index contributed by atoms with van der Waals surface area (Å²) in [6, 6.07) is 0.580. The van der Waals surface area contributed by atoms with Gasteiger partial charge in [-0.05, 0) is 31.8 Å². The van der Waals surface area contributed by atoms with E-state index in [0.29, 0.717) is 12.1 Å². The van der Waals surface area contributed by atoms with Gasteiger partial charge < -0.3 is 10.1 Å². The fraction of sp³-hybridized carbons (Fsp3) is 1.00. The summed E-state index contributed by atoms with van der Waals surface area (Å²) in [6.45, 7) is 9.81. The lowest BCUT2D eigenvalue weighted by Gasteiger charge is -2.39. The Bertz CT molecular complexity index is 216. The third kappa shape index (κ3) is 3.43. The number of hydrogen-bond acceptors (Lipinski definition) is 3. The second-order valence-electron chi connectivity index (χ2n) is 5.43. The normalized spacial score (nSPS) is 29.6. The molecule has 1 heterocycles. The number of nitrogens with zero attached hydrogens (tertiary/aromatic N) is 1. The number of likely N-dealkylation sites (N-methyl/N-ethyl adjacent to an activating group) is 2. The van der Waals surface area contributed by atoms with Gasteiger partial charge in [-0.15, -0.1) is 0 Å². The van der Waals surface area contributed by atoms with Crippen LogP contribution >= 0.6 is 0 Å². The molecule has 3 heteroatoms. The van der Waals surface area contributed by atoms with Gasteiger partial charge >= 0.3 is 0 Å². The van der Waals surface area contributed by atoms with Crippen LogP contribution in [-0.2, 0) is 4.74 Å². The standard InChI is InChI=1S/C14H28N2O/c1-3-15-14(12-7-5-6-8-12)13-11-16(4-2)9-10-17-13/h12-15H,3-11H2,1-2H3. The number of morpholine rings is 1. The molecule has 0 radical (unpaired) electrons. The van der Waals surface area contributed by atoms with Crippen LogP contribution in [0.2, 0.25) is 0 Å². The molecule has 1 aliphatic carbocycles.